The van der Waals surface area contributed by atoms with E-state index < -0.39 is 0 Å². The van der Waals surface area contributed by atoms with Crippen molar-refractivity contribution in [1.82, 2.24) is 9.97 Å². The lowest BCUT2D eigenvalue weighted by Gasteiger charge is -2.26. The van der Waals surface area contributed by atoms with Gasteiger partial charge in [0.15, 0.2) is 0 Å². The molecule has 0 amide bonds. The summed E-state index contributed by atoms with van der Waals surface area (Å²) in [5, 5.41) is 2.09. The Morgan fingerprint density at radius 3 is 2.59 bits per heavy atom. The number of hydrogen-bond acceptors (Lipinski definition) is 4. The Morgan fingerprint density at radius 1 is 1.35 bits per heavy atom. The molecule has 0 aliphatic carbocycles. The van der Waals surface area contributed by atoms with Gasteiger partial charge in [-0.1, -0.05) is 6.07 Å². The van der Waals surface area contributed by atoms with E-state index in [4.69, 9.17) is 0 Å². The Labute approximate surface area is 114 Å². The molecule has 0 atom stereocenters. The molecule has 3 nitrogen and oxygen atoms in total. The lowest BCUT2D eigenvalue weighted by atomic mass is 10.3. The van der Waals surface area contributed by atoms with Gasteiger partial charge in [-0.2, -0.15) is 0 Å². The number of anilines is 1. The number of rotatable bonds is 4. The summed E-state index contributed by atoms with van der Waals surface area (Å²) in [4.78, 5) is 12.2. The van der Waals surface area contributed by atoms with Gasteiger partial charge in [-0.3, -0.25) is 0 Å². The predicted molar refractivity (Wildman–Crippen MR) is 75.4 cm³/mol. The molecule has 0 bridgehead atoms. The molecule has 0 radical (unpaired) electrons. The van der Waals surface area contributed by atoms with E-state index in [0.717, 1.165) is 17.0 Å². The lowest BCUT2D eigenvalue weighted by Crippen LogP contribution is -2.31. The minimum atomic E-state index is 0.373. The molecular formula is C12H14BrN3S. The average Bonchev–Trinajstić information content (AvgIpc) is 2.80. The fraction of sp³-hybridized carbons (Fsp3) is 0.333. The largest absolute Gasteiger partial charge is 0.333 e. The summed E-state index contributed by atoms with van der Waals surface area (Å²) in [5.74, 6) is 0.775. The fourth-order valence-electron chi connectivity index (χ4n) is 1.51. The van der Waals surface area contributed by atoms with E-state index in [2.05, 4.69) is 62.2 Å². The van der Waals surface area contributed by atoms with Crippen molar-refractivity contribution in [3.05, 3.63) is 39.3 Å². The summed E-state index contributed by atoms with van der Waals surface area (Å²) in [5.41, 5.74) is 0. The van der Waals surface area contributed by atoms with Crippen LogP contribution in [0.4, 0.5) is 5.95 Å². The monoisotopic (exact) mass is 311 g/mol. The maximum Gasteiger partial charge on any atom is 0.225 e. The Kier molecular flexibility index (Phi) is 4.12. The Morgan fingerprint density at radius 2 is 2.06 bits per heavy atom. The second-order valence-electron chi connectivity index (χ2n) is 4.00. The van der Waals surface area contributed by atoms with Crippen molar-refractivity contribution in [3.8, 4) is 0 Å². The Hall–Kier alpha value is -0.940. The molecule has 0 fully saturated rings. The smallest absolute Gasteiger partial charge is 0.225 e. The molecule has 0 aliphatic rings. The highest BCUT2D eigenvalue weighted by Crippen LogP contribution is 2.19. The second-order valence-corrected chi connectivity index (χ2v) is 5.95. The topological polar surface area (TPSA) is 29.0 Å². The van der Waals surface area contributed by atoms with Crippen molar-refractivity contribution in [2.24, 2.45) is 0 Å². The molecule has 0 N–H and O–H groups in total. The zero-order valence-electron chi connectivity index (χ0n) is 9.80. The number of halogens is 1. The molecule has 17 heavy (non-hydrogen) atoms. The molecule has 0 saturated heterocycles. The predicted octanol–water partition coefficient (Wildman–Crippen LogP) is 3.72. The summed E-state index contributed by atoms with van der Waals surface area (Å²) in [6, 6.07) is 4.58. The van der Waals surface area contributed by atoms with Gasteiger partial charge in [0.25, 0.3) is 0 Å². The number of aromatic nitrogens is 2. The van der Waals surface area contributed by atoms with Crippen molar-refractivity contribution < 1.29 is 0 Å². The van der Waals surface area contributed by atoms with Crippen molar-refractivity contribution in [3.63, 3.8) is 0 Å². The van der Waals surface area contributed by atoms with Crippen molar-refractivity contribution in [2.45, 2.75) is 26.4 Å². The van der Waals surface area contributed by atoms with E-state index in [0.29, 0.717) is 6.04 Å². The second kappa shape index (κ2) is 5.60. The van der Waals surface area contributed by atoms with E-state index in [1.807, 2.05) is 0 Å². The highest BCUT2D eigenvalue weighted by Gasteiger charge is 2.14. The zero-order valence-corrected chi connectivity index (χ0v) is 12.2. The van der Waals surface area contributed by atoms with Crippen LogP contribution in [0, 0.1) is 0 Å². The van der Waals surface area contributed by atoms with Crippen molar-refractivity contribution in [2.75, 3.05) is 4.90 Å². The van der Waals surface area contributed by atoms with Crippen molar-refractivity contribution in [1.29, 1.82) is 0 Å². The highest BCUT2D eigenvalue weighted by atomic mass is 79.9. The Balaban J connectivity index is 2.20. The van der Waals surface area contributed by atoms with Crippen LogP contribution in [0.1, 0.15) is 18.7 Å². The summed E-state index contributed by atoms with van der Waals surface area (Å²) < 4.78 is 0.904. The van der Waals surface area contributed by atoms with Gasteiger partial charge in [-0.05, 0) is 41.2 Å². The van der Waals surface area contributed by atoms with Gasteiger partial charge < -0.3 is 4.90 Å². The fourth-order valence-corrected chi connectivity index (χ4v) is 2.42. The normalized spacial score (nSPS) is 10.8. The van der Waals surface area contributed by atoms with Gasteiger partial charge >= 0.3 is 0 Å². The van der Waals surface area contributed by atoms with Gasteiger partial charge in [0.1, 0.15) is 0 Å². The maximum absolute atomic E-state index is 4.35. The Bertz CT molecular complexity index is 453. The third-order valence-corrected chi connectivity index (χ3v) is 3.66. The van der Waals surface area contributed by atoms with Gasteiger partial charge in [-0.15, -0.1) is 11.3 Å². The molecule has 5 heteroatoms. The molecule has 2 aromatic rings. The van der Waals surface area contributed by atoms with Gasteiger partial charge in [-0.25, -0.2) is 9.97 Å². The first kappa shape index (κ1) is 12.5. The zero-order chi connectivity index (χ0) is 12.3. The SMILES string of the molecule is CC(C)N(Cc1cccs1)c1ncc(Br)cn1. The van der Waals surface area contributed by atoms with E-state index in [-0.39, 0.29) is 0 Å². The van der Waals surface area contributed by atoms with E-state index in [1.165, 1.54) is 4.88 Å². The first-order chi connectivity index (χ1) is 8.16. The average molecular weight is 312 g/mol. The van der Waals surface area contributed by atoms with Crippen LogP contribution < -0.4 is 4.90 Å². The molecule has 0 unspecified atom stereocenters. The van der Waals surface area contributed by atoms with E-state index in [9.17, 15) is 0 Å². The summed E-state index contributed by atoms with van der Waals surface area (Å²) in [6.07, 6.45) is 3.57. The van der Waals surface area contributed by atoms with Gasteiger partial charge in [0.2, 0.25) is 5.95 Å². The number of hydrogen-bond donors (Lipinski definition) is 0. The standard InChI is InChI=1S/C12H14BrN3S/c1-9(2)16(8-11-4-3-5-17-11)12-14-6-10(13)7-15-12/h3-7,9H,8H2,1-2H3. The first-order valence-electron chi connectivity index (χ1n) is 5.43. The molecule has 0 aliphatic heterocycles. The molecule has 0 aromatic carbocycles. The van der Waals surface area contributed by atoms with Crippen LogP contribution >= 0.6 is 27.3 Å². The molecule has 0 spiro atoms. The molecule has 2 rings (SSSR count). The van der Waals surface area contributed by atoms with Crippen LogP contribution in [0.25, 0.3) is 0 Å². The highest BCUT2D eigenvalue weighted by molar-refractivity contribution is 9.10. The van der Waals surface area contributed by atoms with Gasteiger partial charge in [0, 0.05) is 23.3 Å². The van der Waals surface area contributed by atoms with Crippen LogP contribution in [0.5, 0.6) is 0 Å². The minimum Gasteiger partial charge on any atom is -0.333 e. The van der Waals surface area contributed by atoms with Gasteiger partial charge in [0.05, 0.1) is 11.0 Å². The third-order valence-electron chi connectivity index (χ3n) is 2.39. The summed E-state index contributed by atoms with van der Waals surface area (Å²) in [7, 11) is 0. The quantitative estimate of drug-likeness (QED) is 0.861. The van der Waals surface area contributed by atoms with E-state index >= 15 is 0 Å². The maximum atomic E-state index is 4.35. The van der Waals surface area contributed by atoms with Crippen LogP contribution in [-0.2, 0) is 6.54 Å². The molecule has 2 aromatic heterocycles. The first-order valence-corrected chi connectivity index (χ1v) is 7.10. The molecule has 2 heterocycles. The van der Waals surface area contributed by atoms with Crippen LogP contribution in [-0.4, -0.2) is 16.0 Å². The summed E-state index contributed by atoms with van der Waals surface area (Å²) >= 11 is 5.11. The number of thiophene rings is 1. The van der Waals surface area contributed by atoms with Crippen LogP contribution in [0.3, 0.4) is 0 Å². The third kappa shape index (κ3) is 3.26. The van der Waals surface area contributed by atoms with E-state index in [1.54, 1.807) is 23.7 Å². The molecule has 90 valence electrons. The molecular weight excluding hydrogens is 298 g/mol. The van der Waals surface area contributed by atoms with Crippen molar-refractivity contribution >= 4 is 33.2 Å². The van der Waals surface area contributed by atoms with Crippen LogP contribution in [0.2, 0.25) is 0 Å². The summed E-state index contributed by atoms with van der Waals surface area (Å²) in [6.45, 7) is 5.16. The molecule has 0 saturated carbocycles. The number of nitrogens with zero attached hydrogens (tertiary/aromatic N) is 3. The lowest BCUT2D eigenvalue weighted by molar-refractivity contribution is 0.664. The van der Waals surface area contributed by atoms with Crippen LogP contribution in [0.15, 0.2) is 34.4 Å². The minimum absolute atomic E-state index is 0.373.